The lowest BCUT2D eigenvalue weighted by Crippen LogP contribution is -2.38. The van der Waals surface area contributed by atoms with Gasteiger partial charge in [-0.3, -0.25) is 9.10 Å². The van der Waals surface area contributed by atoms with Gasteiger partial charge in [0.15, 0.2) is 0 Å². The fourth-order valence-corrected chi connectivity index (χ4v) is 5.16. The Bertz CT molecular complexity index is 1170. The average Bonchev–Trinajstić information content (AvgIpc) is 2.78. The molecule has 0 unspecified atom stereocenters. The molecule has 0 aliphatic carbocycles. The monoisotopic (exact) mass is 468 g/mol. The quantitative estimate of drug-likeness (QED) is 0.432. The SMILES string of the molecule is CSc1ccc(S(=O)(=O)N(CC(=O)Nc2ccccc2C(C)C)c2ccc(C)cc2)cc1. The molecule has 0 aliphatic heterocycles. The van der Waals surface area contributed by atoms with Crippen LogP contribution in [-0.2, 0) is 14.8 Å². The van der Waals surface area contributed by atoms with Crippen LogP contribution in [-0.4, -0.2) is 27.1 Å². The molecule has 0 bridgehead atoms. The molecule has 1 amide bonds. The number of amides is 1. The number of nitrogens with one attached hydrogen (secondary N) is 1. The first-order chi connectivity index (χ1) is 15.2. The first-order valence-corrected chi connectivity index (χ1v) is 13.0. The lowest BCUT2D eigenvalue weighted by molar-refractivity contribution is -0.114. The predicted molar refractivity (Wildman–Crippen MR) is 133 cm³/mol. The van der Waals surface area contributed by atoms with E-state index in [-0.39, 0.29) is 17.4 Å². The summed E-state index contributed by atoms with van der Waals surface area (Å²) in [5, 5.41) is 2.90. The topological polar surface area (TPSA) is 66.5 Å². The van der Waals surface area contributed by atoms with Gasteiger partial charge in [0, 0.05) is 10.6 Å². The highest BCUT2D eigenvalue weighted by atomic mass is 32.2. The van der Waals surface area contributed by atoms with Crippen LogP contribution >= 0.6 is 11.8 Å². The van der Waals surface area contributed by atoms with Gasteiger partial charge in [-0.2, -0.15) is 0 Å². The molecule has 5 nitrogen and oxygen atoms in total. The van der Waals surface area contributed by atoms with E-state index in [0.29, 0.717) is 11.4 Å². The molecular weight excluding hydrogens is 440 g/mol. The lowest BCUT2D eigenvalue weighted by atomic mass is 10.0. The third-order valence-corrected chi connectivity index (χ3v) is 7.65. The number of aryl methyl sites for hydroxylation is 1. The first-order valence-electron chi connectivity index (χ1n) is 10.3. The van der Waals surface area contributed by atoms with Gasteiger partial charge in [-0.1, -0.05) is 49.7 Å². The lowest BCUT2D eigenvalue weighted by Gasteiger charge is -2.25. The van der Waals surface area contributed by atoms with Crippen LogP contribution in [0.4, 0.5) is 11.4 Å². The molecule has 0 heterocycles. The van der Waals surface area contributed by atoms with E-state index in [0.717, 1.165) is 20.3 Å². The van der Waals surface area contributed by atoms with E-state index in [2.05, 4.69) is 5.32 Å². The molecule has 0 aliphatic rings. The van der Waals surface area contributed by atoms with Crippen LogP contribution < -0.4 is 9.62 Å². The van der Waals surface area contributed by atoms with Crippen molar-refractivity contribution in [2.45, 2.75) is 36.5 Å². The summed E-state index contributed by atoms with van der Waals surface area (Å²) in [5.74, 6) is -0.179. The van der Waals surface area contributed by atoms with E-state index in [9.17, 15) is 13.2 Å². The van der Waals surface area contributed by atoms with E-state index >= 15 is 0 Å². The zero-order valence-corrected chi connectivity index (χ0v) is 20.3. The van der Waals surface area contributed by atoms with Crippen LogP contribution in [0.5, 0.6) is 0 Å². The van der Waals surface area contributed by atoms with Crippen LogP contribution in [0, 0.1) is 6.92 Å². The highest BCUT2D eigenvalue weighted by Gasteiger charge is 2.27. The number of thioether (sulfide) groups is 1. The number of para-hydroxylation sites is 1. The van der Waals surface area contributed by atoms with Gasteiger partial charge in [0.05, 0.1) is 10.6 Å². The molecular formula is C25H28N2O3S2. The van der Waals surface area contributed by atoms with Crippen LogP contribution in [0.3, 0.4) is 0 Å². The number of carbonyl (C=O) groups excluding carboxylic acids is 1. The van der Waals surface area contributed by atoms with Gasteiger partial charge < -0.3 is 5.32 Å². The van der Waals surface area contributed by atoms with E-state index in [1.165, 1.54) is 11.8 Å². The van der Waals surface area contributed by atoms with Crippen molar-refractivity contribution in [3.8, 4) is 0 Å². The molecule has 0 aromatic heterocycles. The Morgan fingerprint density at radius 3 is 2.19 bits per heavy atom. The maximum Gasteiger partial charge on any atom is 0.264 e. The fourth-order valence-electron chi connectivity index (χ4n) is 3.34. The Morgan fingerprint density at radius 1 is 0.969 bits per heavy atom. The number of sulfonamides is 1. The second-order valence-corrected chi connectivity index (χ2v) is 10.6. The van der Waals surface area contributed by atoms with E-state index in [4.69, 9.17) is 0 Å². The number of carbonyl (C=O) groups is 1. The van der Waals surface area contributed by atoms with Crippen LogP contribution in [0.25, 0.3) is 0 Å². The van der Waals surface area contributed by atoms with Crippen molar-refractivity contribution in [1.82, 2.24) is 0 Å². The van der Waals surface area contributed by atoms with Crippen molar-refractivity contribution < 1.29 is 13.2 Å². The Balaban J connectivity index is 1.95. The molecule has 0 fully saturated rings. The number of nitrogens with zero attached hydrogens (tertiary/aromatic N) is 1. The van der Waals surface area contributed by atoms with Gasteiger partial charge in [0.1, 0.15) is 6.54 Å². The molecule has 32 heavy (non-hydrogen) atoms. The summed E-state index contributed by atoms with van der Waals surface area (Å²) in [6.07, 6.45) is 1.93. The largest absolute Gasteiger partial charge is 0.324 e. The molecule has 1 N–H and O–H groups in total. The van der Waals surface area contributed by atoms with Gasteiger partial charge in [0.25, 0.3) is 10.0 Å². The molecule has 0 atom stereocenters. The maximum atomic E-state index is 13.5. The van der Waals surface area contributed by atoms with Crippen LogP contribution in [0.1, 0.15) is 30.9 Å². The Labute approximate surface area is 194 Å². The Morgan fingerprint density at radius 2 is 1.59 bits per heavy atom. The minimum Gasteiger partial charge on any atom is -0.324 e. The second-order valence-electron chi connectivity index (χ2n) is 7.81. The Hall–Kier alpha value is -2.77. The maximum absolute atomic E-state index is 13.5. The van der Waals surface area contributed by atoms with Crippen molar-refractivity contribution in [3.63, 3.8) is 0 Å². The third-order valence-electron chi connectivity index (χ3n) is 5.11. The molecule has 168 valence electrons. The summed E-state index contributed by atoms with van der Waals surface area (Å²) in [7, 11) is -3.94. The minimum absolute atomic E-state index is 0.145. The van der Waals surface area contributed by atoms with Gasteiger partial charge in [-0.15, -0.1) is 11.8 Å². The molecule has 0 saturated heterocycles. The van der Waals surface area contributed by atoms with Gasteiger partial charge >= 0.3 is 0 Å². The summed E-state index contributed by atoms with van der Waals surface area (Å²) >= 11 is 1.54. The zero-order chi connectivity index (χ0) is 23.3. The van der Waals surface area contributed by atoms with E-state index in [1.807, 2.05) is 63.4 Å². The highest BCUT2D eigenvalue weighted by molar-refractivity contribution is 7.98. The third kappa shape index (κ3) is 5.53. The normalized spacial score (nSPS) is 11.4. The van der Waals surface area contributed by atoms with Crippen molar-refractivity contribution in [2.75, 3.05) is 22.4 Å². The molecule has 3 aromatic carbocycles. The summed E-state index contributed by atoms with van der Waals surface area (Å²) in [4.78, 5) is 14.1. The molecule has 0 saturated carbocycles. The van der Waals surface area contributed by atoms with Crippen molar-refractivity contribution in [3.05, 3.63) is 83.9 Å². The molecule has 7 heteroatoms. The summed E-state index contributed by atoms with van der Waals surface area (Å²) in [5.41, 5.74) is 3.14. The fraction of sp³-hybridized carbons (Fsp3) is 0.240. The minimum atomic E-state index is -3.94. The Kier molecular flexibility index (Phi) is 7.64. The number of rotatable bonds is 8. The molecule has 0 radical (unpaired) electrons. The van der Waals surface area contributed by atoms with Crippen molar-refractivity contribution in [2.24, 2.45) is 0 Å². The zero-order valence-electron chi connectivity index (χ0n) is 18.7. The van der Waals surface area contributed by atoms with Gasteiger partial charge in [-0.25, -0.2) is 8.42 Å². The van der Waals surface area contributed by atoms with Gasteiger partial charge in [-0.05, 0) is 67.1 Å². The molecule has 3 rings (SSSR count). The van der Waals surface area contributed by atoms with Crippen molar-refractivity contribution >= 4 is 39.1 Å². The number of benzene rings is 3. The summed E-state index contributed by atoms with van der Waals surface area (Å²) in [6.45, 7) is 5.69. The predicted octanol–water partition coefficient (Wildman–Crippen LogP) is 5.67. The first kappa shape index (κ1) is 23.9. The average molecular weight is 469 g/mol. The molecule has 3 aromatic rings. The van der Waals surface area contributed by atoms with Crippen LogP contribution in [0.15, 0.2) is 82.6 Å². The van der Waals surface area contributed by atoms with Gasteiger partial charge in [0.2, 0.25) is 5.91 Å². The second kappa shape index (κ2) is 10.2. The van der Waals surface area contributed by atoms with E-state index in [1.54, 1.807) is 36.4 Å². The summed E-state index contributed by atoms with van der Waals surface area (Å²) < 4.78 is 28.2. The number of anilines is 2. The molecule has 0 spiro atoms. The summed E-state index contributed by atoms with van der Waals surface area (Å²) in [6, 6.07) is 21.4. The van der Waals surface area contributed by atoms with E-state index < -0.39 is 15.9 Å². The number of hydrogen-bond donors (Lipinski definition) is 1. The highest BCUT2D eigenvalue weighted by Crippen LogP contribution is 2.27. The number of hydrogen-bond acceptors (Lipinski definition) is 4. The smallest absolute Gasteiger partial charge is 0.264 e. The van der Waals surface area contributed by atoms with Crippen molar-refractivity contribution in [1.29, 1.82) is 0 Å². The van der Waals surface area contributed by atoms with Crippen LogP contribution in [0.2, 0.25) is 0 Å². The standard InChI is InChI=1S/C25H28N2O3S2/c1-18(2)23-7-5-6-8-24(23)26-25(28)17-27(20-11-9-19(3)10-12-20)32(29,30)22-15-13-21(31-4)14-16-22/h5-16,18H,17H2,1-4H3,(H,26,28).